The maximum atomic E-state index is 9.71. The second-order valence-electron chi connectivity index (χ2n) is 3.66. The van der Waals surface area contributed by atoms with Gasteiger partial charge in [-0.1, -0.05) is 26.0 Å². The van der Waals surface area contributed by atoms with Crippen LogP contribution in [0.1, 0.15) is 13.8 Å². The van der Waals surface area contributed by atoms with E-state index in [1.165, 1.54) is 0 Å². The normalized spacial score (nSPS) is 55.0. The monoisotopic (exact) mass is 154 g/mol. The largest absolute Gasteiger partial charge is 0.392 e. The summed E-state index contributed by atoms with van der Waals surface area (Å²) in [6.07, 6.45) is 4.26. The van der Waals surface area contributed by atoms with E-state index in [0.29, 0.717) is 0 Å². The Kier molecular flexibility index (Phi) is 1.55. The quantitative estimate of drug-likeness (QED) is 0.526. The standard InChI is InChI=1S/C9H14O2/c1-5-7-3-4-8(11-7)6(2)9(5)10/h3-10H,1-2H3/t5-,6?,7?,8?,9?/m0/s1. The molecule has 2 aliphatic rings. The summed E-state index contributed by atoms with van der Waals surface area (Å²) in [6, 6.07) is 0. The molecule has 62 valence electrons. The number of rotatable bonds is 0. The highest BCUT2D eigenvalue weighted by atomic mass is 16.5. The molecule has 11 heavy (non-hydrogen) atoms. The smallest absolute Gasteiger partial charge is 0.0815 e. The molecule has 0 aliphatic carbocycles. The average Bonchev–Trinajstić information content (AvgIpc) is 2.44. The van der Waals surface area contributed by atoms with E-state index >= 15 is 0 Å². The van der Waals surface area contributed by atoms with E-state index in [4.69, 9.17) is 4.74 Å². The van der Waals surface area contributed by atoms with Crippen LogP contribution in [0.25, 0.3) is 0 Å². The van der Waals surface area contributed by atoms with Crippen molar-refractivity contribution in [3.63, 3.8) is 0 Å². The number of fused-ring (bicyclic) bond motifs is 2. The number of aliphatic hydroxyl groups is 1. The second-order valence-corrected chi connectivity index (χ2v) is 3.66. The highest BCUT2D eigenvalue weighted by Crippen LogP contribution is 2.35. The Bertz CT molecular complexity index is 170. The molecule has 2 nitrogen and oxygen atoms in total. The van der Waals surface area contributed by atoms with Gasteiger partial charge < -0.3 is 9.84 Å². The molecule has 4 unspecified atom stereocenters. The van der Waals surface area contributed by atoms with E-state index in [1.54, 1.807) is 0 Å². The third kappa shape index (κ3) is 0.932. The maximum absolute atomic E-state index is 9.71. The van der Waals surface area contributed by atoms with Gasteiger partial charge in [0, 0.05) is 11.8 Å². The Labute approximate surface area is 66.9 Å². The van der Waals surface area contributed by atoms with Crippen molar-refractivity contribution in [3.05, 3.63) is 12.2 Å². The van der Waals surface area contributed by atoms with E-state index < -0.39 is 0 Å². The van der Waals surface area contributed by atoms with E-state index in [0.717, 1.165) is 0 Å². The predicted molar refractivity (Wildman–Crippen MR) is 42.1 cm³/mol. The number of aliphatic hydroxyl groups excluding tert-OH is 1. The van der Waals surface area contributed by atoms with Crippen LogP contribution in [-0.4, -0.2) is 23.4 Å². The van der Waals surface area contributed by atoms with Gasteiger partial charge in [0.05, 0.1) is 18.3 Å². The number of hydrogen-bond donors (Lipinski definition) is 1. The minimum absolute atomic E-state index is 0.159. The van der Waals surface area contributed by atoms with Crippen molar-refractivity contribution >= 4 is 0 Å². The topological polar surface area (TPSA) is 29.5 Å². The van der Waals surface area contributed by atoms with Crippen LogP contribution in [0.2, 0.25) is 0 Å². The van der Waals surface area contributed by atoms with Crippen molar-refractivity contribution in [3.8, 4) is 0 Å². The number of hydrogen-bond acceptors (Lipinski definition) is 2. The van der Waals surface area contributed by atoms with Crippen molar-refractivity contribution in [2.24, 2.45) is 11.8 Å². The summed E-state index contributed by atoms with van der Waals surface area (Å²) in [5.74, 6) is 0.500. The molecule has 1 N–H and O–H groups in total. The van der Waals surface area contributed by atoms with Crippen LogP contribution in [0.3, 0.4) is 0 Å². The Morgan fingerprint density at radius 3 is 2.00 bits per heavy atom. The first-order valence-electron chi connectivity index (χ1n) is 4.22. The molecule has 2 heterocycles. The molecule has 2 aliphatic heterocycles. The molecule has 1 saturated heterocycles. The zero-order chi connectivity index (χ0) is 8.01. The molecule has 2 heteroatoms. The number of ether oxygens (including phenoxy) is 1. The van der Waals surface area contributed by atoms with Crippen LogP contribution in [0, 0.1) is 11.8 Å². The summed E-state index contributed by atoms with van der Waals surface area (Å²) < 4.78 is 5.62. The fourth-order valence-electron chi connectivity index (χ4n) is 1.96. The van der Waals surface area contributed by atoms with Crippen molar-refractivity contribution in [2.45, 2.75) is 32.2 Å². The van der Waals surface area contributed by atoms with Gasteiger partial charge in [0.1, 0.15) is 0 Å². The fourth-order valence-corrected chi connectivity index (χ4v) is 1.96. The Hall–Kier alpha value is -0.340. The van der Waals surface area contributed by atoms with Crippen molar-refractivity contribution in [1.82, 2.24) is 0 Å². The molecule has 2 bridgehead atoms. The first-order chi connectivity index (χ1) is 5.20. The summed E-state index contributed by atoms with van der Waals surface area (Å²) in [5, 5.41) is 9.71. The maximum Gasteiger partial charge on any atom is 0.0815 e. The minimum Gasteiger partial charge on any atom is -0.392 e. The lowest BCUT2D eigenvalue weighted by molar-refractivity contribution is -0.116. The Morgan fingerprint density at radius 2 is 1.55 bits per heavy atom. The summed E-state index contributed by atoms with van der Waals surface area (Å²) >= 11 is 0. The molecule has 0 aromatic carbocycles. The molecule has 5 atom stereocenters. The Balaban J connectivity index is 2.22. The molecule has 1 fully saturated rings. The summed E-state index contributed by atoms with van der Waals surface area (Å²) in [4.78, 5) is 0. The van der Waals surface area contributed by atoms with Crippen LogP contribution in [0.5, 0.6) is 0 Å². The van der Waals surface area contributed by atoms with Gasteiger partial charge in [-0.05, 0) is 0 Å². The van der Waals surface area contributed by atoms with Crippen LogP contribution in [0.4, 0.5) is 0 Å². The van der Waals surface area contributed by atoms with Crippen LogP contribution in [0.15, 0.2) is 12.2 Å². The van der Waals surface area contributed by atoms with Gasteiger partial charge in [-0.3, -0.25) is 0 Å². The van der Waals surface area contributed by atoms with Crippen LogP contribution in [-0.2, 0) is 4.74 Å². The molecule has 0 radical (unpaired) electrons. The van der Waals surface area contributed by atoms with Crippen LogP contribution >= 0.6 is 0 Å². The third-order valence-electron chi connectivity index (χ3n) is 2.92. The van der Waals surface area contributed by atoms with Gasteiger partial charge in [0.2, 0.25) is 0 Å². The minimum atomic E-state index is -0.200. The van der Waals surface area contributed by atoms with E-state index in [2.05, 4.69) is 12.2 Å². The van der Waals surface area contributed by atoms with E-state index in [-0.39, 0.29) is 30.1 Å². The highest BCUT2D eigenvalue weighted by molar-refractivity contribution is 5.11. The average molecular weight is 154 g/mol. The highest BCUT2D eigenvalue weighted by Gasteiger charge is 2.41. The van der Waals surface area contributed by atoms with Gasteiger partial charge >= 0.3 is 0 Å². The van der Waals surface area contributed by atoms with Gasteiger partial charge in [0.25, 0.3) is 0 Å². The lowest BCUT2D eigenvalue weighted by Crippen LogP contribution is -2.44. The lowest BCUT2D eigenvalue weighted by atomic mass is 9.86. The van der Waals surface area contributed by atoms with Crippen molar-refractivity contribution < 1.29 is 9.84 Å². The predicted octanol–water partition coefficient (Wildman–Crippen LogP) is 0.957. The molecule has 0 aromatic rings. The van der Waals surface area contributed by atoms with Gasteiger partial charge in [-0.25, -0.2) is 0 Å². The second kappa shape index (κ2) is 2.32. The molecule has 0 amide bonds. The summed E-state index contributed by atoms with van der Waals surface area (Å²) in [7, 11) is 0. The van der Waals surface area contributed by atoms with Crippen LogP contribution < -0.4 is 0 Å². The summed E-state index contributed by atoms with van der Waals surface area (Å²) in [5.41, 5.74) is 0. The molecule has 0 spiro atoms. The zero-order valence-electron chi connectivity index (χ0n) is 6.90. The molecule has 0 saturated carbocycles. The van der Waals surface area contributed by atoms with Gasteiger partial charge in [0.15, 0.2) is 0 Å². The fraction of sp³-hybridized carbons (Fsp3) is 0.778. The molecular formula is C9H14O2. The lowest BCUT2D eigenvalue weighted by Gasteiger charge is -2.36. The van der Waals surface area contributed by atoms with E-state index in [1.807, 2.05) is 13.8 Å². The third-order valence-corrected chi connectivity index (χ3v) is 2.92. The van der Waals surface area contributed by atoms with Crippen molar-refractivity contribution in [1.29, 1.82) is 0 Å². The summed E-state index contributed by atoms with van der Waals surface area (Å²) in [6.45, 7) is 4.08. The zero-order valence-corrected chi connectivity index (χ0v) is 6.90. The SMILES string of the molecule is CC1C2C=CC(O2)[C@H](C)C1O. The Morgan fingerprint density at radius 1 is 1.09 bits per heavy atom. The van der Waals surface area contributed by atoms with Crippen molar-refractivity contribution in [2.75, 3.05) is 0 Å². The molecular weight excluding hydrogens is 140 g/mol. The van der Waals surface area contributed by atoms with Gasteiger partial charge in [-0.2, -0.15) is 0 Å². The van der Waals surface area contributed by atoms with E-state index in [9.17, 15) is 5.11 Å². The first kappa shape index (κ1) is 7.32. The molecule has 2 rings (SSSR count). The first-order valence-corrected chi connectivity index (χ1v) is 4.22. The molecule has 0 aromatic heterocycles. The van der Waals surface area contributed by atoms with Gasteiger partial charge in [-0.15, -0.1) is 0 Å².